The van der Waals surface area contributed by atoms with E-state index in [1.807, 2.05) is 12.1 Å². The predicted octanol–water partition coefficient (Wildman–Crippen LogP) is 2.28. The van der Waals surface area contributed by atoms with Crippen LogP contribution in [0.1, 0.15) is 30.0 Å². The number of nitrogens with zero attached hydrogens (tertiary/aromatic N) is 2. The molecule has 4 aromatic rings. The topological polar surface area (TPSA) is 142 Å². The molecule has 1 aliphatic heterocycles. The number of H-pyrrole nitrogens is 1. The summed E-state index contributed by atoms with van der Waals surface area (Å²) in [4.78, 5) is 70.3. The minimum absolute atomic E-state index is 0.0532. The second-order valence-electron chi connectivity index (χ2n) is 10.1. The predicted molar refractivity (Wildman–Crippen MR) is 152 cm³/mol. The van der Waals surface area contributed by atoms with Gasteiger partial charge in [-0.1, -0.05) is 72.8 Å². The number of carboxylic acid groups (broad SMARTS) is 1. The van der Waals surface area contributed by atoms with Gasteiger partial charge >= 0.3 is 11.7 Å². The molecule has 1 fully saturated rings. The van der Waals surface area contributed by atoms with Crippen LogP contribution in [-0.2, 0) is 27.2 Å². The van der Waals surface area contributed by atoms with Crippen LogP contribution in [0, 0.1) is 0 Å². The van der Waals surface area contributed by atoms with E-state index in [4.69, 9.17) is 0 Å². The van der Waals surface area contributed by atoms with Crippen LogP contribution in [0.4, 0.5) is 0 Å². The molecule has 2 amide bonds. The fourth-order valence-corrected chi connectivity index (χ4v) is 5.40. The quantitative estimate of drug-likeness (QED) is 0.290. The van der Waals surface area contributed by atoms with E-state index in [2.05, 4.69) is 10.3 Å². The molecule has 1 aromatic heterocycles. The maximum atomic E-state index is 14.1. The number of nitrogens with one attached hydrogen (secondary N) is 2. The first kappa shape index (κ1) is 27.6. The third kappa shape index (κ3) is 5.96. The third-order valence-corrected chi connectivity index (χ3v) is 7.44. The van der Waals surface area contributed by atoms with Gasteiger partial charge in [0.1, 0.15) is 18.1 Å². The summed E-state index contributed by atoms with van der Waals surface area (Å²) < 4.78 is 0.931. The summed E-state index contributed by atoms with van der Waals surface area (Å²) in [6, 6.07) is 21.2. The van der Waals surface area contributed by atoms with Gasteiger partial charge in [-0.3, -0.25) is 14.4 Å². The molecule has 1 saturated heterocycles. The Morgan fingerprint density at radius 2 is 1.49 bits per heavy atom. The molecule has 41 heavy (non-hydrogen) atoms. The fraction of sp³-hybridized carbons (Fsp3) is 0.258. The lowest BCUT2D eigenvalue weighted by Gasteiger charge is -2.29. The van der Waals surface area contributed by atoms with Crippen LogP contribution in [0.25, 0.3) is 10.9 Å². The van der Waals surface area contributed by atoms with Gasteiger partial charge in [0.05, 0.1) is 10.9 Å². The van der Waals surface area contributed by atoms with Crippen molar-refractivity contribution in [2.75, 3.05) is 6.54 Å². The summed E-state index contributed by atoms with van der Waals surface area (Å²) >= 11 is 0. The molecule has 10 heteroatoms. The van der Waals surface area contributed by atoms with Crippen molar-refractivity contribution in [3.05, 3.63) is 117 Å². The first-order valence-corrected chi connectivity index (χ1v) is 13.5. The zero-order valence-electron chi connectivity index (χ0n) is 22.2. The van der Waals surface area contributed by atoms with E-state index < -0.39 is 47.2 Å². The molecule has 0 saturated carbocycles. The molecule has 3 aromatic carbocycles. The number of amides is 2. The van der Waals surface area contributed by atoms with E-state index in [1.165, 1.54) is 4.90 Å². The summed E-state index contributed by atoms with van der Waals surface area (Å²) in [7, 11) is 0. The van der Waals surface area contributed by atoms with Crippen LogP contribution in [0.5, 0.6) is 0 Å². The van der Waals surface area contributed by atoms with Crippen molar-refractivity contribution in [1.29, 1.82) is 0 Å². The number of benzene rings is 3. The lowest BCUT2D eigenvalue weighted by Crippen LogP contribution is -2.54. The van der Waals surface area contributed by atoms with Crippen molar-refractivity contribution in [3.63, 3.8) is 0 Å². The van der Waals surface area contributed by atoms with Gasteiger partial charge in [0, 0.05) is 19.4 Å². The number of carbonyl (C=O) groups excluding carboxylic acids is 2. The van der Waals surface area contributed by atoms with Gasteiger partial charge in [-0.15, -0.1) is 0 Å². The number of hydrogen-bond donors (Lipinski definition) is 3. The summed E-state index contributed by atoms with van der Waals surface area (Å²) in [6.45, 7) is 0.235. The van der Waals surface area contributed by atoms with Crippen molar-refractivity contribution in [1.82, 2.24) is 19.8 Å². The summed E-state index contributed by atoms with van der Waals surface area (Å²) in [6.07, 6.45) is 0.982. The first-order chi connectivity index (χ1) is 19.8. The standard InChI is InChI=1S/C31H30N4O6/c36-27(32-24(30(39)40)18-20-10-3-1-4-11-20)25-16-9-17-34(25)29(38)26(19-21-12-5-2-6-13-21)35-28(37)22-14-7-8-15-23(22)33-31(35)41/h1-8,10-15,24-26H,9,16-19H2,(H,32,36)(H,33,41)(H,39,40)/t24-,25-,26+/m0/s1. The lowest BCUT2D eigenvalue weighted by molar-refractivity contribution is -0.144. The fourth-order valence-electron chi connectivity index (χ4n) is 5.40. The molecule has 2 heterocycles. The van der Waals surface area contributed by atoms with Crippen LogP contribution in [0.2, 0.25) is 0 Å². The van der Waals surface area contributed by atoms with Crippen molar-refractivity contribution >= 4 is 28.7 Å². The second kappa shape index (κ2) is 12.0. The first-order valence-electron chi connectivity index (χ1n) is 13.5. The van der Waals surface area contributed by atoms with Crippen LogP contribution in [-0.4, -0.2) is 56.0 Å². The summed E-state index contributed by atoms with van der Waals surface area (Å²) in [5.41, 5.74) is 0.516. The monoisotopic (exact) mass is 554 g/mol. The van der Waals surface area contributed by atoms with Gasteiger partial charge in [0.25, 0.3) is 5.56 Å². The van der Waals surface area contributed by atoms with Gasteiger partial charge in [-0.05, 0) is 36.1 Å². The number of aromatic nitrogens is 2. The Balaban J connectivity index is 1.46. The molecule has 1 aliphatic rings. The Kier molecular flexibility index (Phi) is 8.09. The van der Waals surface area contributed by atoms with Gasteiger partial charge in [0.15, 0.2) is 0 Å². The third-order valence-electron chi connectivity index (χ3n) is 7.44. The highest BCUT2D eigenvalue weighted by Gasteiger charge is 2.40. The molecule has 0 unspecified atom stereocenters. The van der Waals surface area contributed by atoms with Gasteiger partial charge in [-0.2, -0.15) is 0 Å². The van der Waals surface area contributed by atoms with E-state index in [1.54, 1.807) is 72.8 Å². The molecule has 3 N–H and O–H groups in total. The number of likely N-dealkylation sites (tertiary alicyclic amines) is 1. The van der Waals surface area contributed by atoms with Crippen molar-refractivity contribution in [2.45, 2.75) is 43.8 Å². The van der Waals surface area contributed by atoms with E-state index >= 15 is 0 Å². The molecule has 3 atom stereocenters. The number of para-hydroxylation sites is 1. The highest BCUT2D eigenvalue weighted by Crippen LogP contribution is 2.24. The number of fused-ring (bicyclic) bond motifs is 1. The highest BCUT2D eigenvalue weighted by atomic mass is 16.4. The van der Waals surface area contributed by atoms with Gasteiger partial charge < -0.3 is 20.3 Å². The number of carboxylic acids is 1. The van der Waals surface area contributed by atoms with E-state index in [0.717, 1.165) is 15.7 Å². The molecule has 0 aliphatic carbocycles. The number of aromatic amines is 1. The SMILES string of the molecule is O=C(O)[C@H](Cc1ccccc1)NC(=O)[C@@H]1CCCN1C(=O)[C@@H](Cc1ccccc1)n1c(=O)[nH]c2ccccc2c1=O. The van der Waals surface area contributed by atoms with Crippen molar-refractivity contribution in [2.24, 2.45) is 0 Å². The smallest absolute Gasteiger partial charge is 0.329 e. The maximum Gasteiger partial charge on any atom is 0.329 e. The lowest BCUT2D eigenvalue weighted by atomic mass is 10.0. The zero-order chi connectivity index (χ0) is 28.9. The summed E-state index contributed by atoms with van der Waals surface area (Å²) in [5.74, 6) is -2.32. The molecule has 0 spiro atoms. The maximum absolute atomic E-state index is 14.1. The largest absolute Gasteiger partial charge is 0.480 e. The Labute approximate surface area is 235 Å². The minimum atomic E-state index is -1.22. The average Bonchev–Trinajstić information content (AvgIpc) is 3.47. The number of carbonyl (C=O) groups is 3. The molecular formula is C31H30N4O6. The molecule has 0 bridgehead atoms. The Bertz CT molecular complexity index is 1680. The number of hydrogen-bond acceptors (Lipinski definition) is 5. The van der Waals surface area contributed by atoms with Crippen molar-refractivity contribution < 1.29 is 19.5 Å². The average molecular weight is 555 g/mol. The number of aliphatic carboxylic acids is 1. The summed E-state index contributed by atoms with van der Waals surface area (Å²) in [5, 5.41) is 12.6. The molecule has 5 rings (SSSR count). The zero-order valence-corrected chi connectivity index (χ0v) is 22.2. The van der Waals surface area contributed by atoms with Crippen molar-refractivity contribution in [3.8, 4) is 0 Å². The molecule has 210 valence electrons. The van der Waals surface area contributed by atoms with E-state index in [0.29, 0.717) is 18.4 Å². The Morgan fingerprint density at radius 3 is 2.15 bits per heavy atom. The molecule has 10 nitrogen and oxygen atoms in total. The normalized spacial score (nSPS) is 16.3. The minimum Gasteiger partial charge on any atom is -0.480 e. The Morgan fingerprint density at radius 1 is 0.878 bits per heavy atom. The van der Waals surface area contributed by atoms with E-state index in [-0.39, 0.29) is 24.8 Å². The Hall–Kier alpha value is -4.99. The highest BCUT2D eigenvalue weighted by molar-refractivity contribution is 5.92. The van der Waals surface area contributed by atoms with E-state index in [9.17, 15) is 29.1 Å². The molecular weight excluding hydrogens is 524 g/mol. The van der Waals surface area contributed by atoms with Crippen LogP contribution < -0.4 is 16.6 Å². The molecule has 0 radical (unpaired) electrons. The van der Waals surface area contributed by atoms with Gasteiger partial charge in [0.2, 0.25) is 11.8 Å². The van der Waals surface area contributed by atoms with Crippen LogP contribution in [0.3, 0.4) is 0 Å². The van der Waals surface area contributed by atoms with Crippen LogP contribution in [0.15, 0.2) is 94.5 Å². The number of rotatable bonds is 9. The van der Waals surface area contributed by atoms with Crippen LogP contribution >= 0.6 is 0 Å². The van der Waals surface area contributed by atoms with Gasteiger partial charge in [-0.25, -0.2) is 14.2 Å². The second-order valence-corrected chi connectivity index (χ2v) is 10.1.